The molecule has 1 unspecified atom stereocenters. The maximum absolute atomic E-state index is 11.4. The van der Waals surface area contributed by atoms with E-state index in [1.54, 1.807) is 24.3 Å². The lowest BCUT2D eigenvalue weighted by Gasteiger charge is -2.11. The molecule has 0 N–H and O–H groups in total. The van der Waals surface area contributed by atoms with E-state index in [0.29, 0.717) is 5.75 Å². The Hall–Kier alpha value is -1.02. The summed E-state index contributed by atoms with van der Waals surface area (Å²) >= 11 is 5.84. The minimum Gasteiger partial charge on any atom is -0.425 e. The van der Waals surface area contributed by atoms with Crippen LogP contribution in [0, 0.1) is 5.92 Å². The Morgan fingerprint density at radius 1 is 1.29 bits per heavy atom. The number of para-hydroxylation sites is 1. The largest absolute Gasteiger partial charge is 0.425 e. The fourth-order valence-corrected chi connectivity index (χ4v) is 0.978. The molecule has 3 heteroatoms. The van der Waals surface area contributed by atoms with Crippen molar-refractivity contribution in [2.75, 3.05) is 0 Å². The molecular weight excluding hydrogens is 200 g/mol. The molecule has 0 spiro atoms. The summed E-state index contributed by atoms with van der Waals surface area (Å²) in [5.74, 6) is 0.213. The third kappa shape index (κ3) is 3.04. The van der Waals surface area contributed by atoms with Gasteiger partial charge in [0.05, 0.1) is 0 Å². The quantitative estimate of drug-likeness (QED) is 0.438. The van der Waals surface area contributed by atoms with E-state index in [1.807, 2.05) is 19.9 Å². The number of halogens is 1. The minimum atomic E-state index is -0.588. The molecule has 0 aromatic heterocycles. The second-order valence-electron chi connectivity index (χ2n) is 3.38. The van der Waals surface area contributed by atoms with Crippen LogP contribution < -0.4 is 4.74 Å². The highest BCUT2D eigenvalue weighted by molar-refractivity contribution is 6.30. The Bertz CT molecular complexity index is 295. The third-order valence-corrected chi connectivity index (χ3v) is 2.45. The highest BCUT2D eigenvalue weighted by Gasteiger charge is 2.20. The molecule has 2 nitrogen and oxygen atoms in total. The Morgan fingerprint density at radius 2 is 1.86 bits per heavy atom. The molecule has 76 valence electrons. The van der Waals surface area contributed by atoms with Gasteiger partial charge in [-0.2, -0.15) is 0 Å². The van der Waals surface area contributed by atoms with E-state index < -0.39 is 11.3 Å². The molecule has 1 aromatic carbocycles. The van der Waals surface area contributed by atoms with Crippen molar-refractivity contribution in [3.63, 3.8) is 0 Å². The molecule has 0 saturated heterocycles. The van der Waals surface area contributed by atoms with Crippen LogP contribution in [0.1, 0.15) is 13.8 Å². The van der Waals surface area contributed by atoms with E-state index >= 15 is 0 Å². The predicted molar refractivity (Wildman–Crippen MR) is 56.6 cm³/mol. The van der Waals surface area contributed by atoms with Gasteiger partial charge in [0.1, 0.15) is 11.1 Å². The van der Waals surface area contributed by atoms with E-state index in [0.717, 1.165) is 0 Å². The first-order valence-electron chi connectivity index (χ1n) is 4.52. The number of ether oxygens (including phenoxy) is 1. The summed E-state index contributed by atoms with van der Waals surface area (Å²) in [5, 5.41) is -0.588. The maximum Gasteiger partial charge on any atom is 0.329 e. The highest BCUT2D eigenvalue weighted by Crippen LogP contribution is 2.15. The van der Waals surface area contributed by atoms with Gasteiger partial charge in [0.15, 0.2) is 0 Å². The van der Waals surface area contributed by atoms with Crippen LogP contribution in [0.5, 0.6) is 5.75 Å². The predicted octanol–water partition coefficient (Wildman–Crippen LogP) is 2.86. The fraction of sp³-hybridized carbons (Fsp3) is 0.364. The molecule has 0 aliphatic rings. The van der Waals surface area contributed by atoms with Gasteiger partial charge in [0, 0.05) is 0 Å². The molecule has 0 saturated carbocycles. The van der Waals surface area contributed by atoms with Gasteiger partial charge in [-0.3, -0.25) is 4.79 Å². The number of benzene rings is 1. The van der Waals surface area contributed by atoms with Gasteiger partial charge in [-0.15, -0.1) is 11.6 Å². The normalized spacial score (nSPS) is 12.6. The molecule has 1 atom stereocenters. The SMILES string of the molecule is CC(C)C(Cl)C(=O)Oc1ccccc1. The first kappa shape index (κ1) is 11.1. The zero-order chi connectivity index (χ0) is 10.6. The molecule has 0 aliphatic heterocycles. The summed E-state index contributed by atoms with van der Waals surface area (Å²) in [6.07, 6.45) is 0. The van der Waals surface area contributed by atoms with Crippen molar-refractivity contribution < 1.29 is 9.53 Å². The van der Waals surface area contributed by atoms with E-state index in [1.165, 1.54) is 0 Å². The summed E-state index contributed by atoms with van der Waals surface area (Å²) < 4.78 is 5.07. The van der Waals surface area contributed by atoms with Crippen LogP contribution in [-0.2, 0) is 4.79 Å². The lowest BCUT2D eigenvalue weighted by atomic mass is 10.1. The smallest absolute Gasteiger partial charge is 0.329 e. The average molecular weight is 213 g/mol. The van der Waals surface area contributed by atoms with Gasteiger partial charge >= 0.3 is 5.97 Å². The van der Waals surface area contributed by atoms with E-state index in [-0.39, 0.29) is 5.92 Å². The maximum atomic E-state index is 11.4. The van der Waals surface area contributed by atoms with Crippen molar-refractivity contribution in [1.82, 2.24) is 0 Å². The first-order chi connectivity index (χ1) is 6.61. The number of esters is 1. The second-order valence-corrected chi connectivity index (χ2v) is 3.85. The summed E-state index contributed by atoms with van der Waals surface area (Å²) in [7, 11) is 0. The van der Waals surface area contributed by atoms with Crippen molar-refractivity contribution in [3.05, 3.63) is 30.3 Å². The van der Waals surface area contributed by atoms with E-state index in [9.17, 15) is 4.79 Å². The average Bonchev–Trinajstić information content (AvgIpc) is 2.18. The van der Waals surface area contributed by atoms with Crippen molar-refractivity contribution in [2.24, 2.45) is 5.92 Å². The monoisotopic (exact) mass is 212 g/mol. The Labute approximate surface area is 88.8 Å². The van der Waals surface area contributed by atoms with Crippen LogP contribution in [0.4, 0.5) is 0 Å². The first-order valence-corrected chi connectivity index (χ1v) is 4.95. The lowest BCUT2D eigenvalue weighted by Crippen LogP contribution is -2.25. The minimum absolute atomic E-state index is 0.0767. The number of carbonyl (C=O) groups excluding carboxylic acids is 1. The van der Waals surface area contributed by atoms with Crippen LogP contribution in [0.3, 0.4) is 0 Å². The summed E-state index contributed by atoms with van der Waals surface area (Å²) in [6, 6.07) is 8.92. The van der Waals surface area contributed by atoms with Gasteiger partial charge < -0.3 is 4.74 Å². The third-order valence-electron chi connectivity index (χ3n) is 1.77. The molecular formula is C11H13ClO2. The molecule has 0 fully saturated rings. The second kappa shape index (κ2) is 5.01. The lowest BCUT2D eigenvalue weighted by molar-refractivity contribution is -0.134. The Kier molecular flexibility index (Phi) is 3.96. The molecule has 1 aromatic rings. The topological polar surface area (TPSA) is 26.3 Å². The van der Waals surface area contributed by atoms with E-state index in [2.05, 4.69) is 0 Å². The molecule has 0 aliphatic carbocycles. The summed E-state index contributed by atoms with van der Waals surface area (Å²) in [5.41, 5.74) is 0. The van der Waals surface area contributed by atoms with Crippen LogP contribution >= 0.6 is 11.6 Å². The van der Waals surface area contributed by atoms with Crippen LogP contribution in [0.15, 0.2) is 30.3 Å². The molecule has 0 radical (unpaired) electrons. The van der Waals surface area contributed by atoms with Gasteiger partial charge in [-0.1, -0.05) is 32.0 Å². The number of hydrogen-bond donors (Lipinski definition) is 0. The molecule has 0 bridgehead atoms. The van der Waals surface area contributed by atoms with Crippen molar-refractivity contribution in [1.29, 1.82) is 0 Å². The van der Waals surface area contributed by atoms with Crippen molar-refractivity contribution in [2.45, 2.75) is 19.2 Å². The van der Waals surface area contributed by atoms with Gasteiger partial charge in [0.25, 0.3) is 0 Å². The van der Waals surface area contributed by atoms with Gasteiger partial charge in [-0.05, 0) is 18.1 Å². The molecule has 0 amide bonds. The molecule has 0 heterocycles. The number of hydrogen-bond acceptors (Lipinski definition) is 2. The number of carbonyl (C=O) groups is 1. The highest BCUT2D eigenvalue weighted by atomic mass is 35.5. The summed E-state index contributed by atoms with van der Waals surface area (Å²) in [6.45, 7) is 3.76. The Morgan fingerprint density at radius 3 is 2.36 bits per heavy atom. The van der Waals surface area contributed by atoms with Crippen molar-refractivity contribution >= 4 is 17.6 Å². The van der Waals surface area contributed by atoms with Gasteiger partial charge in [-0.25, -0.2) is 0 Å². The zero-order valence-electron chi connectivity index (χ0n) is 8.24. The molecule has 14 heavy (non-hydrogen) atoms. The summed E-state index contributed by atoms with van der Waals surface area (Å²) in [4.78, 5) is 11.4. The van der Waals surface area contributed by atoms with Gasteiger partial charge in [0.2, 0.25) is 0 Å². The van der Waals surface area contributed by atoms with Crippen LogP contribution in [0.2, 0.25) is 0 Å². The molecule has 1 rings (SSSR count). The fourth-order valence-electron chi connectivity index (χ4n) is 0.933. The van der Waals surface area contributed by atoms with Crippen LogP contribution in [0.25, 0.3) is 0 Å². The number of alkyl halides is 1. The van der Waals surface area contributed by atoms with Crippen molar-refractivity contribution in [3.8, 4) is 5.75 Å². The standard InChI is InChI=1S/C11H13ClO2/c1-8(2)10(12)11(13)14-9-6-4-3-5-7-9/h3-8,10H,1-2H3. The van der Waals surface area contributed by atoms with E-state index in [4.69, 9.17) is 16.3 Å². The van der Waals surface area contributed by atoms with Crippen LogP contribution in [-0.4, -0.2) is 11.3 Å². The number of rotatable bonds is 3. The Balaban J connectivity index is 2.58. The zero-order valence-corrected chi connectivity index (χ0v) is 8.99.